The predicted molar refractivity (Wildman–Crippen MR) is 48.3 cm³/mol. The molecule has 1 heterocycles. The van der Waals surface area contributed by atoms with Crippen molar-refractivity contribution in [1.82, 2.24) is 4.98 Å². The first-order valence-electron chi connectivity index (χ1n) is 3.40. The number of ether oxygens (including phenoxy) is 1. The van der Waals surface area contributed by atoms with E-state index in [2.05, 4.69) is 10.9 Å². The van der Waals surface area contributed by atoms with Crippen molar-refractivity contribution in [3.63, 3.8) is 0 Å². The molecule has 0 aliphatic rings. The smallest absolute Gasteiger partial charge is 0.216 e. The standard InChI is InChI=1S/C9H5ClN2O/c1-2-3-13-9-5-7(6-11)4-8(10)12-9/h1,4-5H,3H2. The van der Waals surface area contributed by atoms with Gasteiger partial charge in [0, 0.05) is 6.07 Å². The van der Waals surface area contributed by atoms with E-state index in [-0.39, 0.29) is 17.6 Å². The summed E-state index contributed by atoms with van der Waals surface area (Å²) >= 11 is 5.61. The van der Waals surface area contributed by atoms with Crippen molar-refractivity contribution in [2.24, 2.45) is 0 Å². The Morgan fingerprint density at radius 1 is 1.62 bits per heavy atom. The fourth-order valence-corrected chi connectivity index (χ4v) is 0.928. The quantitative estimate of drug-likeness (QED) is 0.529. The van der Waals surface area contributed by atoms with Crippen LogP contribution < -0.4 is 4.74 Å². The fourth-order valence-electron chi connectivity index (χ4n) is 0.727. The molecule has 0 amide bonds. The zero-order valence-corrected chi connectivity index (χ0v) is 7.38. The SMILES string of the molecule is C#CCOc1cc(C#N)cc(Cl)n1. The number of hydrogen-bond donors (Lipinski definition) is 0. The van der Waals surface area contributed by atoms with Crippen molar-refractivity contribution in [2.75, 3.05) is 6.61 Å². The maximum Gasteiger partial charge on any atom is 0.216 e. The van der Waals surface area contributed by atoms with Crippen LogP contribution in [-0.4, -0.2) is 11.6 Å². The Morgan fingerprint density at radius 3 is 3.00 bits per heavy atom. The first-order chi connectivity index (χ1) is 6.26. The largest absolute Gasteiger partial charge is 0.464 e. The van der Waals surface area contributed by atoms with E-state index >= 15 is 0 Å². The summed E-state index contributed by atoms with van der Waals surface area (Å²) in [5.74, 6) is 2.55. The lowest BCUT2D eigenvalue weighted by Gasteiger charge is -2.00. The highest BCUT2D eigenvalue weighted by Crippen LogP contribution is 2.15. The molecule has 0 unspecified atom stereocenters. The maximum absolute atomic E-state index is 8.58. The van der Waals surface area contributed by atoms with Crippen LogP contribution in [0.15, 0.2) is 12.1 Å². The van der Waals surface area contributed by atoms with Crippen LogP contribution in [0.2, 0.25) is 5.15 Å². The number of halogens is 1. The highest BCUT2D eigenvalue weighted by molar-refractivity contribution is 6.29. The van der Waals surface area contributed by atoms with E-state index in [0.29, 0.717) is 5.56 Å². The Bertz CT molecular complexity index is 390. The summed E-state index contributed by atoms with van der Waals surface area (Å²) in [5, 5.41) is 8.79. The Labute approximate surface area is 80.9 Å². The van der Waals surface area contributed by atoms with Crippen LogP contribution in [0.25, 0.3) is 0 Å². The molecular formula is C9H5ClN2O. The molecule has 0 aromatic carbocycles. The molecule has 1 rings (SSSR count). The molecule has 0 atom stereocenters. The summed E-state index contributed by atoms with van der Waals surface area (Å²) in [5.41, 5.74) is 0.395. The Hall–Kier alpha value is -1.71. The molecule has 0 aliphatic carbocycles. The van der Waals surface area contributed by atoms with Crippen molar-refractivity contribution in [1.29, 1.82) is 5.26 Å². The highest BCUT2D eigenvalue weighted by atomic mass is 35.5. The van der Waals surface area contributed by atoms with Gasteiger partial charge in [-0.05, 0) is 6.07 Å². The lowest BCUT2D eigenvalue weighted by atomic mass is 10.3. The van der Waals surface area contributed by atoms with Gasteiger partial charge in [-0.2, -0.15) is 5.26 Å². The molecule has 0 aliphatic heterocycles. The predicted octanol–water partition coefficient (Wildman–Crippen LogP) is 1.62. The van der Waals surface area contributed by atoms with Crippen molar-refractivity contribution in [3.05, 3.63) is 22.8 Å². The van der Waals surface area contributed by atoms with E-state index in [9.17, 15) is 0 Å². The summed E-state index contributed by atoms with van der Waals surface area (Å²) in [7, 11) is 0. The number of aromatic nitrogens is 1. The Balaban J connectivity index is 2.91. The topological polar surface area (TPSA) is 45.9 Å². The third-order valence-corrected chi connectivity index (χ3v) is 1.40. The van der Waals surface area contributed by atoms with Crippen molar-refractivity contribution >= 4 is 11.6 Å². The van der Waals surface area contributed by atoms with Crippen LogP contribution in [0.3, 0.4) is 0 Å². The van der Waals surface area contributed by atoms with Gasteiger partial charge in [-0.1, -0.05) is 17.5 Å². The van der Waals surface area contributed by atoms with Gasteiger partial charge in [0.05, 0.1) is 11.6 Å². The van der Waals surface area contributed by atoms with Crippen LogP contribution in [0.1, 0.15) is 5.56 Å². The van der Waals surface area contributed by atoms with E-state index in [0.717, 1.165) is 0 Å². The molecule has 0 fully saturated rings. The molecule has 0 radical (unpaired) electrons. The molecule has 13 heavy (non-hydrogen) atoms. The van der Waals surface area contributed by atoms with Gasteiger partial charge in [0.15, 0.2) is 6.61 Å². The summed E-state index contributed by atoms with van der Waals surface area (Å²) in [6.07, 6.45) is 4.98. The first-order valence-corrected chi connectivity index (χ1v) is 3.78. The number of hydrogen-bond acceptors (Lipinski definition) is 3. The second-order valence-electron chi connectivity index (χ2n) is 2.12. The molecule has 3 nitrogen and oxygen atoms in total. The minimum absolute atomic E-state index is 0.109. The molecule has 64 valence electrons. The number of nitrogens with zero attached hydrogens (tertiary/aromatic N) is 2. The van der Waals surface area contributed by atoms with E-state index in [1.165, 1.54) is 12.1 Å². The van der Waals surface area contributed by atoms with Crippen LogP contribution in [0.5, 0.6) is 5.88 Å². The summed E-state index contributed by atoms with van der Waals surface area (Å²) in [6.45, 7) is 0.109. The number of terminal acetylenes is 1. The molecule has 4 heteroatoms. The van der Waals surface area contributed by atoms with Gasteiger partial charge in [0.2, 0.25) is 5.88 Å². The van der Waals surface area contributed by atoms with Gasteiger partial charge < -0.3 is 4.74 Å². The van der Waals surface area contributed by atoms with Crippen LogP contribution in [-0.2, 0) is 0 Å². The molecule has 0 bridgehead atoms. The number of nitriles is 1. The highest BCUT2D eigenvalue weighted by Gasteiger charge is 2.00. The molecule has 1 aromatic heterocycles. The van der Waals surface area contributed by atoms with E-state index in [1.807, 2.05) is 6.07 Å². The normalized spacial score (nSPS) is 8.54. The van der Waals surface area contributed by atoms with Gasteiger partial charge in [-0.15, -0.1) is 6.42 Å². The molecule has 0 N–H and O–H groups in total. The first kappa shape index (κ1) is 9.38. The third kappa shape index (κ3) is 2.66. The average Bonchev–Trinajstić information content (AvgIpc) is 2.14. The van der Waals surface area contributed by atoms with Crippen molar-refractivity contribution in [2.45, 2.75) is 0 Å². The number of rotatable bonds is 2. The Morgan fingerprint density at radius 2 is 2.38 bits per heavy atom. The van der Waals surface area contributed by atoms with Gasteiger partial charge in [0.25, 0.3) is 0 Å². The van der Waals surface area contributed by atoms with Gasteiger partial charge >= 0.3 is 0 Å². The van der Waals surface area contributed by atoms with Crippen LogP contribution >= 0.6 is 11.6 Å². The van der Waals surface area contributed by atoms with E-state index in [1.54, 1.807) is 0 Å². The lowest BCUT2D eigenvalue weighted by molar-refractivity contribution is 0.355. The van der Waals surface area contributed by atoms with Crippen LogP contribution in [0.4, 0.5) is 0 Å². The second kappa shape index (κ2) is 4.35. The molecule has 0 spiro atoms. The fraction of sp³-hybridized carbons (Fsp3) is 0.111. The van der Waals surface area contributed by atoms with Gasteiger partial charge in [-0.3, -0.25) is 0 Å². The lowest BCUT2D eigenvalue weighted by Crippen LogP contribution is -1.96. The maximum atomic E-state index is 8.58. The third-order valence-electron chi connectivity index (χ3n) is 1.20. The minimum atomic E-state index is 0.109. The van der Waals surface area contributed by atoms with E-state index in [4.69, 9.17) is 28.0 Å². The van der Waals surface area contributed by atoms with Gasteiger partial charge in [0.1, 0.15) is 5.15 Å². The number of pyridine rings is 1. The monoisotopic (exact) mass is 192 g/mol. The Kier molecular flexibility index (Phi) is 3.14. The zero-order valence-electron chi connectivity index (χ0n) is 6.62. The van der Waals surface area contributed by atoms with Crippen molar-refractivity contribution < 1.29 is 4.74 Å². The van der Waals surface area contributed by atoms with Crippen LogP contribution in [0, 0.1) is 23.7 Å². The summed E-state index contributed by atoms with van der Waals surface area (Å²) < 4.78 is 5.00. The average molecular weight is 193 g/mol. The molecule has 0 saturated heterocycles. The molecule has 0 saturated carbocycles. The molecule has 1 aromatic rings. The zero-order chi connectivity index (χ0) is 9.68. The summed E-state index contributed by atoms with van der Waals surface area (Å²) in [6, 6.07) is 4.85. The van der Waals surface area contributed by atoms with Gasteiger partial charge in [-0.25, -0.2) is 4.98 Å². The second-order valence-corrected chi connectivity index (χ2v) is 2.51. The summed E-state index contributed by atoms with van der Waals surface area (Å²) in [4.78, 5) is 3.82. The minimum Gasteiger partial charge on any atom is -0.464 e. The van der Waals surface area contributed by atoms with E-state index < -0.39 is 0 Å². The van der Waals surface area contributed by atoms with Crippen molar-refractivity contribution in [3.8, 4) is 24.3 Å². The molecular weight excluding hydrogens is 188 g/mol.